The molecule has 0 saturated heterocycles. The highest BCUT2D eigenvalue weighted by Gasteiger charge is 2.14. The molecule has 0 N–H and O–H groups in total. The van der Waals surface area contributed by atoms with E-state index in [0.29, 0.717) is 5.44 Å². The molecule has 0 amide bonds. The first-order valence-corrected chi connectivity index (χ1v) is 5.94. The summed E-state index contributed by atoms with van der Waals surface area (Å²) in [6, 6.07) is 0. The fraction of sp³-hybridized carbons (Fsp3) is 0.429. The quantitative estimate of drug-likeness (QED) is 0.591. The molecule has 4 heteroatoms. The van der Waals surface area contributed by atoms with Crippen molar-refractivity contribution in [1.29, 1.82) is 0 Å². The molecule has 0 atom stereocenters. The van der Waals surface area contributed by atoms with Crippen molar-refractivity contribution in [3.8, 4) is 0 Å². The Balaban J connectivity index is 3.25. The van der Waals surface area contributed by atoms with E-state index in [2.05, 4.69) is 9.97 Å². The van der Waals surface area contributed by atoms with Crippen molar-refractivity contribution < 1.29 is 4.57 Å². The van der Waals surface area contributed by atoms with Crippen LogP contribution in [0.15, 0.2) is 12.5 Å². The highest BCUT2D eigenvalue weighted by atomic mass is 31.2. The minimum absolute atomic E-state index is 0.688. The lowest BCUT2D eigenvalue weighted by atomic mass is 10.4. The zero-order valence-corrected chi connectivity index (χ0v) is 7.80. The van der Waals surface area contributed by atoms with Crippen LogP contribution in [0, 0.1) is 6.92 Å². The summed E-state index contributed by atoms with van der Waals surface area (Å²) in [6.45, 7) is 5.29. The van der Waals surface area contributed by atoms with E-state index in [4.69, 9.17) is 0 Å². The first-order valence-electron chi connectivity index (χ1n) is 3.34. The number of nitrogens with zero attached hydrogens (tertiary/aromatic N) is 2. The molecule has 0 aliphatic rings. The van der Waals surface area contributed by atoms with Gasteiger partial charge in [0.2, 0.25) is 0 Å². The number of aryl methyl sites for hydroxylation is 1. The average molecular weight is 170 g/mol. The van der Waals surface area contributed by atoms with Gasteiger partial charge in [0.1, 0.15) is 18.9 Å². The van der Waals surface area contributed by atoms with Gasteiger partial charge in [-0.2, -0.15) is 0 Å². The van der Waals surface area contributed by atoms with E-state index in [0.717, 1.165) is 5.56 Å². The summed E-state index contributed by atoms with van der Waals surface area (Å²) >= 11 is 0. The van der Waals surface area contributed by atoms with Crippen molar-refractivity contribution in [3.05, 3.63) is 18.1 Å². The molecule has 1 aromatic heterocycles. The SMILES string of the molecule is Cc1cncnc1P(C)(C)=O. The molecular formula is C7H11N2OP. The van der Waals surface area contributed by atoms with E-state index < -0.39 is 7.14 Å². The Labute approximate surface area is 66.3 Å². The van der Waals surface area contributed by atoms with Gasteiger partial charge in [-0.05, 0) is 25.8 Å². The van der Waals surface area contributed by atoms with Crippen LogP contribution in [0.3, 0.4) is 0 Å². The van der Waals surface area contributed by atoms with Crippen LogP contribution >= 0.6 is 7.14 Å². The van der Waals surface area contributed by atoms with Crippen LogP contribution in [0.4, 0.5) is 0 Å². The Morgan fingerprint density at radius 1 is 1.45 bits per heavy atom. The lowest BCUT2D eigenvalue weighted by Gasteiger charge is -2.06. The third-order valence-corrected chi connectivity index (χ3v) is 2.87. The number of hydrogen-bond donors (Lipinski definition) is 0. The molecule has 0 aromatic carbocycles. The molecule has 0 bridgehead atoms. The average Bonchev–Trinajstić information content (AvgIpc) is 1.86. The zero-order chi connectivity index (χ0) is 8.48. The molecule has 11 heavy (non-hydrogen) atoms. The summed E-state index contributed by atoms with van der Waals surface area (Å²) in [7, 11) is -2.21. The first kappa shape index (κ1) is 8.41. The second kappa shape index (κ2) is 2.74. The molecule has 1 aromatic rings. The van der Waals surface area contributed by atoms with Crippen molar-refractivity contribution >= 4 is 12.6 Å². The van der Waals surface area contributed by atoms with Crippen LogP contribution < -0.4 is 5.44 Å². The lowest BCUT2D eigenvalue weighted by molar-refractivity contribution is 0.587. The maximum atomic E-state index is 11.5. The smallest absolute Gasteiger partial charge is 0.127 e. The molecule has 0 saturated carbocycles. The summed E-state index contributed by atoms with van der Waals surface area (Å²) in [5.74, 6) is 0. The molecule has 0 aliphatic carbocycles. The van der Waals surface area contributed by atoms with Crippen molar-refractivity contribution in [1.82, 2.24) is 9.97 Å². The Kier molecular flexibility index (Phi) is 2.10. The summed E-state index contributed by atoms with van der Waals surface area (Å²) in [6.07, 6.45) is 3.12. The van der Waals surface area contributed by atoms with Gasteiger partial charge < -0.3 is 4.57 Å². The molecule has 0 spiro atoms. The lowest BCUT2D eigenvalue weighted by Crippen LogP contribution is -2.12. The van der Waals surface area contributed by atoms with Crippen molar-refractivity contribution in [2.75, 3.05) is 13.3 Å². The van der Waals surface area contributed by atoms with Gasteiger partial charge in [-0.15, -0.1) is 0 Å². The molecular weight excluding hydrogens is 159 g/mol. The molecule has 60 valence electrons. The standard InChI is InChI=1S/C7H11N2OP/c1-6-4-8-5-9-7(6)11(2,3)10/h4-5H,1-3H3. The van der Waals surface area contributed by atoms with Crippen LogP contribution in [-0.2, 0) is 4.57 Å². The van der Waals surface area contributed by atoms with E-state index in [1.807, 2.05) is 6.92 Å². The monoisotopic (exact) mass is 170 g/mol. The third kappa shape index (κ3) is 1.87. The van der Waals surface area contributed by atoms with E-state index in [9.17, 15) is 4.57 Å². The molecule has 1 rings (SSSR count). The van der Waals surface area contributed by atoms with Crippen LogP contribution in [0.2, 0.25) is 0 Å². The van der Waals surface area contributed by atoms with Gasteiger partial charge in [-0.1, -0.05) is 0 Å². The molecule has 1 heterocycles. The number of hydrogen-bond acceptors (Lipinski definition) is 3. The van der Waals surface area contributed by atoms with Crippen LogP contribution in [0.5, 0.6) is 0 Å². The summed E-state index contributed by atoms with van der Waals surface area (Å²) in [5, 5.41) is 0. The van der Waals surface area contributed by atoms with E-state index in [-0.39, 0.29) is 0 Å². The van der Waals surface area contributed by atoms with Gasteiger partial charge in [0.25, 0.3) is 0 Å². The van der Waals surface area contributed by atoms with E-state index >= 15 is 0 Å². The maximum absolute atomic E-state index is 11.5. The van der Waals surface area contributed by atoms with Crippen molar-refractivity contribution in [2.45, 2.75) is 6.92 Å². The Bertz CT molecular complexity index is 305. The minimum atomic E-state index is -2.21. The van der Waals surface area contributed by atoms with Crippen LogP contribution in [0.1, 0.15) is 5.56 Å². The zero-order valence-electron chi connectivity index (χ0n) is 6.90. The Hall–Kier alpha value is -0.690. The summed E-state index contributed by atoms with van der Waals surface area (Å²) < 4.78 is 11.5. The minimum Gasteiger partial charge on any atom is -0.318 e. The van der Waals surface area contributed by atoms with Crippen molar-refractivity contribution in [3.63, 3.8) is 0 Å². The topological polar surface area (TPSA) is 42.9 Å². The van der Waals surface area contributed by atoms with Gasteiger partial charge in [0, 0.05) is 6.20 Å². The van der Waals surface area contributed by atoms with Crippen LogP contribution in [-0.4, -0.2) is 23.3 Å². The first-order chi connectivity index (χ1) is 5.02. The molecule has 0 unspecified atom stereocenters. The second-order valence-electron chi connectivity index (χ2n) is 2.88. The predicted octanol–water partition coefficient (Wildman–Crippen LogP) is 1.03. The summed E-state index contributed by atoms with van der Waals surface area (Å²) in [4.78, 5) is 7.80. The van der Waals surface area contributed by atoms with E-state index in [1.165, 1.54) is 6.33 Å². The Morgan fingerprint density at radius 2 is 2.09 bits per heavy atom. The number of rotatable bonds is 1. The van der Waals surface area contributed by atoms with Gasteiger partial charge in [0.15, 0.2) is 0 Å². The van der Waals surface area contributed by atoms with Gasteiger partial charge in [-0.3, -0.25) is 0 Å². The maximum Gasteiger partial charge on any atom is 0.127 e. The van der Waals surface area contributed by atoms with E-state index in [1.54, 1.807) is 19.5 Å². The number of aromatic nitrogens is 2. The Morgan fingerprint density at radius 3 is 2.45 bits per heavy atom. The second-order valence-corrected chi connectivity index (χ2v) is 6.01. The molecule has 0 aliphatic heterocycles. The highest BCUT2D eigenvalue weighted by molar-refractivity contribution is 7.70. The molecule has 0 radical (unpaired) electrons. The highest BCUT2D eigenvalue weighted by Crippen LogP contribution is 2.34. The fourth-order valence-electron chi connectivity index (χ4n) is 0.956. The van der Waals surface area contributed by atoms with Crippen LogP contribution in [0.25, 0.3) is 0 Å². The fourth-order valence-corrected chi connectivity index (χ4v) is 2.19. The molecule has 0 fully saturated rings. The summed E-state index contributed by atoms with van der Waals surface area (Å²) in [5.41, 5.74) is 1.59. The molecule has 3 nitrogen and oxygen atoms in total. The van der Waals surface area contributed by atoms with Gasteiger partial charge >= 0.3 is 0 Å². The normalized spacial score (nSPS) is 11.5. The van der Waals surface area contributed by atoms with Crippen molar-refractivity contribution in [2.24, 2.45) is 0 Å². The van der Waals surface area contributed by atoms with Gasteiger partial charge in [-0.25, -0.2) is 9.97 Å². The predicted molar refractivity (Wildman–Crippen MR) is 45.9 cm³/mol. The largest absolute Gasteiger partial charge is 0.318 e. The van der Waals surface area contributed by atoms with Gasteiger partial charge in [0.05, 0.1) is 0 Å². The third-order valence-electron chi connectivity index (χ3n) is 1.38.